The number of carbonyl (C=O) groups excluding carboxylic acids is 2. The molecular formula is C10H9N3O5S. The van der Waals surface area contributed by atoms with Gasteiger partial charge in [0.05, 0.1) is 12.0 Å². The van der Waals surface area contributed by atoms with E-state index in [9.17, 15) is 18.0 Å². The topological polar surface area (TPSA) is 125 Å². The number of rotatable bonds is 2. The first-order chi connectivity index (χ1) is 8.88. The van der Waals surface area contributed by atoms with Gasteiger partial charge in [-0.25, -0.2) is 5.43 Å². The van der Waals surface area contributed by atoms with Gasteiger partial charge in [-0.1, -0.05) is 12.1 Å². The Morgan fingerprint density at radius 3 is 2.63 bits per heavy atom. The van der Waals surface area contributed by atoms with Crippen molar-refractivity contribution >= 4 is 27.8 Å². The zero-order valence-electron chi connectivity index (χ0n) is 9.45. The Bertz CT molecular complexity index is 680. The van der Waals surface area contributed by atoms with Crippen molar-refractivity contribution in [2.75, 3.05) is 0 Å². The summed E-state index contributed by atoms with van der Waals surface area (Å²) >= 11 is 0. The molecule has 1 aliphatic rings. The number of hydrogen-bond donors (Lipinski definition) is 3. The lowest BCUT2D eigenvalue weighted by Gasteiger charge is -2.06. The van der Waals surface area contributed by atoms with E-state index in [-0.39, 0.29) is 23.7 Å². The van der Waals surface area contributed by atoms with Gasteiger partial charge in [-0.05, 0) is 12.1 Å². The average Bonchev–Trinajstić information content (AvgIpc) is 2.73. The molecular weight excluding hydrogens is 274 g/mol. The van der Waals surface area contributed by atoms with Crippen molar-refractivity contribution in [3.63, 3.8) is 0 Å². The molecule has 0 bridgehead atoms. The number of nitrogens with zero attached hydrogens (tertiary/aromatic N) is 1. The summed E-state index contributed by atoms with van der Waals surface area (Å²) in [7, 11) is -4.51. The molecule has 1 aliphatic heterocycles. The minimum atomic E-state index is -4.51. The summed E-state index contributed by atoms with van der Waals surface area (Å²) in [4.78, 5) is 22.2. The van der Waals surface area contributed by atoms with E-state index in [0.29, 0.717) is 0 Å². The lowest BCUT2D eigenvalue weighted by Crippen LogP contribution is -2.30. The highest BCUT2D eigenvalue weighted by Crippen LogP contribution is 2.15. The summed E-state index contributed by atoms with van der Waals surface area (Å²) in [5.41, 5.74) is 1.91. The Balaban J connectivity index is 2.28. The van der Waals surface area contributed by atoms with Crippen LogP contribution in [0.15, 0.2) is 34.3 Å². The molecule has 9 heteroatoms. The van der Waals surface area contributed by atoms with E-state index in [1.165, 1.54) is 18.2 Å². The number of hydrogen-bond acceptors (Lipinski definition) is 5. The minimum absolute atomic E-state index is 0.0835. The van der Waals surface area contributed by atoms with Crippen LogP contribution in [0.5, 0.6) is 0 Å². The van der Waals surface area contributed by atoms with Crippen molar-refractivity contribution in [2.45, 2.75) is 11.3 Å². The van der Waals surface area contributed by atoms with Gasteiger partial charge in [-0.2, -0.15) is 13.5 Å². The molecule has 0 fully saturated rings. The van der Waals surface area contributed by atoms with E-state index in [2.05, 4.69) is 15.8 Å². The van der Waals surface area contributed by atoms with Crippen molar-refractivity contribution in [3.05, 3.63) is 29.8 Å². The number of amides is 2. The molecule has 1 aromatic rings. The van der Waals surface area contributed by atoms with Gasteiger partial charge in [-0.15, -0.1) is 0 Å². The van der Waals surface area contributed by atoms with E-state index in [0.717, 1.165) is 6.07 Å². The summed E-state index contributed by atoms with van der Waals surface area (Å²) in [6, 6.07) is 5.16. The van der Waals surface area contributed by atoms with Crippen LogP contribution in [0.2, 0.25) is 0 Å². The van der Waals surface area contributed by atoms with E-state index < -0.39 is 20.9 Å². The Morgan fingerprint density at radius 2 is 2.05 bits per heavy atom. The van der Waals surface area contributed by atoms with Gasteiger partial charge in [0, 0.05) is 0 Å². The van der Waals surface area contributed by atoms with Gasteiger partial charge in [0.2, 0.25) is 5.91 Å². The highest BCUT2D eigenvalue weighted by molar-refractivity contribution is 7.86. The van der Waals surface area contributed by atoms with Crippen molar-refractivity contribution in [3.8, 4) is 0 Å². The van der Waals surface area contributed by atoms with Crippen molar-refractivity contribution < 1.29 is 22.6 Å². The monoisotopic (exact) mass is 283 g/mol. The predicted molar refractivity (Wildman–Crippen MR) is 63.9 cm³/mol. The van der Waals surface area contributed by atoms with Crippen LogP contribution in [0.25, 0.3) is 0 Å². The summed E-state index contributed by atoms with van der Waals surface area (Å²) in [5, 5.41) is 5.84. The number of carbonyl (C=O) groups is 2. The second-order valence-corrected chi connectivity index (χ2v) is 5.09. The summed E-state index contributed by atoms with van der Waals surface area (Å²) in [6.07, 6.45) is -0.0974. The maximum Gasteiger partial charge on any atom is 0.295 e. The fraction of sp³-hybridized carbons (Fsp3) is 0.100. The maximum absolute atomic E-state index is 11.9. The Labute approximate surface area is 108 Å². The molecule has 1 heterocycles. The van der Waals surface area contributed by atoms with Gasteiger partial charge < -0.3 is 5.32 Å². The molecule has 2 amide bonds. The molecule has 0 aromatic heterocycles. The first-order valence-electron chi connectivity index (χ1n) is 5.11. The smallest absolute Gasteiger partial charge is 0.295 e. The Morgan fingerprint density at radius 1 is 1.37 bits per heavy atom. The lowest BCUT2D eigenvalue weighted by atomic mass is 10.2. The molecule has 0 saturated carbocycles. The Hall–Kier alpha value is -2.26. The molecule has 3 N–H and O–H groups in total. The van der Waals surface area contributed by atoms with E-state index in [4.69, 9.17) is 4.55 Å². The van der Waals surface area contributed by atoms with Gasteiger partial charge in [0.15, 0.2) is 0 Å². The SMILES string of the molecule is O=C1CC(NC(=O)c2ccccc2S(=O)(=O)O)=NN1. The standard InChI is InChI=1S/C10H9N3O5S/c14-9-5-8(12-13-9)11-10(15)6-3-1-2-4-7(6)19(16,17)18/h1-4H,5H2,(H,13,14)(H,11,12,15)(H,16,17,18). The van der Waals surface area contributed by atoms with Crippen LogP contribution in [-0.2, 0) is 14.9 Å². The summed E-state index contributed by atoms with van der Waals surface area (Å²) in [6.45, 7) is 0. The molecule has 0 spiro atoms. The quantitative estimate of drug-likeness (QED) is 0.631. The van der Waals surface area contributed by atoms with Crippen molar-refractivity contribution in [1.82, 2.24) is 10.7 Å². The zero-order valence-corrected chi connectivity index (χ0v) is 10.3. The van der Waals surface area contributed by atoms with E-state index in [1.54, 1.807) is 0 Å². The highest BCUT2D eigenvalue weighted by atomic mass is 32.2. The lowest BCUT2D eigenvalue weighted by molar-refractivity contribution is -0.119. The average molecular weight is 283 g/mol. The fourth-order valence-electron chi connectivity index (χ4n) is 1.51. The number of nitrogens with one attached hydrogen (secondary N) is 2. The molecule has 1 aromatic carbocycles. The van der Waals surface area contributed by atoms with Crippen LogP contribution in [-0.4, -0.2) is 30.6 Å². The van der Waals surface area contributed by atoms with Gasteiger partial charge in [0.25, 0.3) is 16.0 Å². The minimum Gasteiger partial charge on any atom is -0.308 e. The summed E-state index contributed by atoms with van der Waals surface area (Å²) in [5.74, 6) is -1.07. The van der Waals surface area contributed by atoms with E-state index >= 15 is 0 Å². The van der Waals surface area contributed by atoms with Crippen LogP contribution in [0, 0.1) is 0 Å². The van der Waals surface area contributed by atoms with E-state index in [1.807, 2.05) is 0 Å². The molecule has 19 heavy (non-hydrogen) atoms. The first-order valence-corrected chi connectivity index (χ1v) is 6.55. The molecule has 8 nitrogen and oxygen atoms in total. The number of benzene rings is 1. The highest BCUT2D eigenvalue weighted by Gasteiger charge is 2.22. The van der Waals surface area contributed by atoms with Crippen molar-refractivity contribution in [2.24, 2.45) is 5.10 Å². The zero-order chi connectivity index (χ0) is 14.0. The van der Waals surface area contributed by atoms with Crippen LogP contribution in [0.1, 0.15) is 16.8 Å². The molecule has 0 radical (unpaired) electrons. The largest absolute Gasteiger partial charge is 0.308 e. The predicted octanol–water partition coefficient (Wildman–Crippen LogP) is -0.504. The molecule has 0 atom stereocenters. The third-order valence-electron chi connectivity index (χ3n) is 2.31. The normalized spacial score (nSPS) is 14.8. The third kappa shape index (κ3) is 2.95. The summed E-state index contributed by atoms with van der Waals surface area (Å²) < 4.78 is 31.3. The molecule has 100 valence electrons. The second kappa shape index (κ2) is 4.78. The van der Waals surface area contributed by atoms with Crippen LogP contribution in [0.3, 0.4) is 0 Å². The molecule has 0 aliphatic carbocycles. The van der Waals surface area contributed by atoms with Gasteiger partial charge in [-0.3, -0.25) is 14.1 Å². The third-order valence-corrected chi connectivity index (χ3v) is 3.22. The van der Waals surface area contributed by atoms with Crippen LogP contribution in [0.4, 0.5) is 0 Å². The number of hydrazone groups is 1. The van der Waals surface area contributed by atoms with Gasteiger partial charge in [0.1, 0.15) is 10.7 Å². The molecule has 0 unspecified atom stereocenters. The maximum atomic E-state index is 11.9. The molecule has 0 saturated heterocycles. The number of amidine groups is 1. The van der Waals surface area contributed by atoms with Crippen LogP contribution < -0.4 is 10.7 Å². The van der Waals surface area contributed by atoms with Crippen LogP contribution >= 0.6 is 0 Å². The fourth-order valence-corrected chi connectivity index (χ4v) is 2.20. The second-order valence-electron chi connectivity index (χ2n) is 3.70. The first kappa shape index (κ1) is 13.2. The Kier molecular flexibility index (Phi) is 3.32. The van der Waals surface area contributed by atoms with Crippen molar-refractivity contribution in [1.29, 1.82) is 0 Å². The van der Waals surface area contributed by atoms with Gasteiger partial charge >= 0.3 is 0 Å². The molecule has 2 rings (SSSR count).